The van der Waals surface area contributed by atoms with Gasteiger partial charge in [0.1, 0.15) is 0 Å². The number of nitrogens with zero attached hydrogens (tertiary/aromatic N) is 6. The Hall–Kier alpha value is -1.93. The number of halogens is 1. The van der Waals surface area contributed by atoms with Gasteiger partial charge < -0.3 is 5.32 Å². The SMILES string of the molecule is Cn1cc(CN2CC(NC(=O)c3cn(C4CC4)nn3)C2)c(Cl)n1. The van der Waals surface area contributed by atoms with E-state index in [2.05, 4.69) is 25.6 Å². The van der Waals surface area contributed by atoms with Crippen molar-refractivity contribution in [2.45, 2.75) is 31.5 Å². The van der Waals surface area contributed by atoms with Crippen molar-refractivity contribution in [3.63, 3.8) is 0 Å². The smallest absolute Gasteiger partial charge is 0.273 e. The van der Waals surface area contributed by atoms with E-state index >= 15 is 0 Å². The van der Waals surface area contributed by atoms with E-state index in [1.807, 2.05) is 13.2 Å². The highest BCUT2D eigenvalue weighted by Gasteiger charge is 2.30. The molecule has 1 N–H and O–H groups in total. The van der Waals surface area contributed by atoms with Gasteiger partial charge in [-0.3, -0.25) is 14.4 Å². The average molecular weight is 336 g/mol. The molecule has 2 fully saturated rings. The first-order valence-corrected chi connectivity index (χ1v) is 8.09. The first kappa shape index (κ1) is 14.6. The van der Waals surface area contributed by atoms with E-state index < -0.39 is 0 Å². The number of likely N-dealkylation sites (tertiary alicyclic amines) is 1. The molecule has 0 radical (unpaired) electrons. The van der Waals surface area contributed by atoms with Gasteiger partial charge in [-0.25, -0.2) is 4.68 Å². The number of hydrogen-bond acceptors (Lipinski definition) is 5. The summed E-state index contributed by atoms with van der Waals surface area (Å²) in [5, 5.41) is 15.6. The molecule has 0 unspecified atom stereocenters. The number of aromatic nitrogens is 5. The van der Waals surface area contributed by atoms with Crippen LogP contribution in [0.4, 0.5) is 0 Å². The standard InChI is InChI=1S/C14H18ClN7O/c1-20-4-9(13(15)18-20)5-21-6-10(7-21)16-14(23)12-8-22(19-17-12)11-2-3-11/h4,8,10-11H,2-3,5-7H2,1H3,(H,16,23). The monoisotopic (exact) mass is 335 g/mol. The molecule has 0 atom stereocenters. The molecule has 4 rings (SSSR count). The Morgan fingerprint density at radius 2 is 2.17 bits per heavy atom. The van der Waals surface area contributed by atoms with E-state index in [1.165, 1.54) is 0 Å². The Morgan fingerprint density at radius 1 is 1.39 bits per heavy atom. The summed E-state index contributed by atoms with van der Waals surface area (Å²) in [6, 6.07) is 0.580. The molecule has 1 amide bonds. The van der Waals surface area contributed by atoms with Crippen LogP contribution in [0.3, 0.4) is 0 Å². The maximum Gasteiger partial charge on any atom is 0.273 e. The molecule has 122 valence electrons. The first-order chi connectivity index (χ1) is 11.1. The number of amides is 1. The van der Waals surface area contributed by atoms with Gasteiger partial charge in [0, 0.05) is 38.4 Å². The summed E-state index contributed by atoms with van der Waals surface area (Å²) in [6.45, 7) is 2.35. The Labute approximate surface area is 138 Å². The summed E-state index contributed by atoms with van der Waals surface area (Å²) in [5.41, 5.74) is 1.40. The normalized spacial score (nSPS) is 18.9. The molecule has 1 saturated carbocycles. The van der Waals surface area contributed by atoms with Crippen LogP contribution in [0.2, 0.25) is 5.15 Å². The highest BCUT2D eigenvalue weighted by Crippen LogP contribution is 2.33. The maximum absolute atomic E-state index is 12.1. The molecule has 23 heavy (non-hydrogen) atoms. The van der Waals surface area contributed by atoms with Crippen molar-refractivity contribution in [3.8, 4) is 0 Å². The molecule has 8 nitrogen and oxygen atoms in total. The second kappa shape index (κ2) is 5.61. The van der Waals surface area contributed by atoms with Crippen LogP contribution in [-0.4, -0.2) is 54.7 Å². The van der Waals surface area contributed by atoms with Gasteiger partial charge in [0.05, 0.1) is 18.3 Å². The molecule has 2 aliphatic rings. The molecule has 1 aliphatic carbocycles. The van der Waals surface area contributed by atoms with Crippen molar-refractivity contribution in [2.75, 3.05) is 13.1 Å². The molecule has 9 heteroatoms. The average Bonchev–Trinajstić information content (AvgIpc) is 3.11. The maximum atomic E-state index is 12.1. The lowest BCUT2D eigenvalue weighted by molar-refractivity contribution is 0.0790. The zero-order chi connectivity index (χ0) is 16.0. The summed E-state index contributed by atoms with van der Waals surface area (Å²) in [5.74, 6) is -0.152. The number of nitrogens with one attached hydrogen (secondary N) is 1. The summed E-state index contributed by atoms with van der Waals surface area (Å²) >= 11 is 6.06. The zero-order valence-electron chi connectivity index (χ0n) is 12.8. The van der Waals surface area contributed by atoms with Gasteiger partial charge in [0.15, 0.2) is 10.8 Å². The predicted octanol–water partition coefficient (Wildman–Crippen LogP) is 0.614. The topological polar surface area (TPSA) is 80.9 Å². The van der Waals surface area contributed by atoms with E-state index in [1.54, 1.807) is 15.6 Å². The van der Waals surface area contributed by atoms with Crippen LogP contribution in [0.15, 0.2) is 12.4 Å². The second-order valence-electron chi connectivity index (χ2n) is 6.30. The van der Waals surface area contributed by atoms with E-state index in [-0.39, 0.29) is 11.9 Å². The Morgan fingerprint density at radius 3 is 2.83 bits per heavy atom. The summed E-state index contributed by atoms with van der Waals surface area (Å²) in [7, 11) is 1.85. The highest BCUT2D eigenvalue weighted by molar-refractivity contribution is 6.30. The fraction of sp³-hybridized carbons (Fsp3) is 0.571. The lowest BCUT2D eigenvalue weighted by Gasteiger charge is -2.39. The summed E-state index contributed by atoms with van der Waals surface area (Å²) in [4.78, 5) is 14.4. The van der Waals surface area contributed by atoms with Crippen LogP contribution < -0.4 is 5.32 Å². The van der Waals surface area contributed by atoms with Crippen molar-refractivity contribution in [2.24, 2.45) is 7.05 Å². The van der Waals surface area contributed by atoms with Gasteiger partial charge in [0.25, 0.3) is 5.91 Å². The van der Waals surface area contributed by atoms with Gasteiger partial charge in [-0.2, -0.15) is 5.10 Å². The van der Waals surface area contributed by atoms with E-state index in [9.17, 15) is 4.79 Å². The lowest BCUT2D eigenvalue weighted by atomic mass is 10.1. The number of carbonyl (C=O) groups is 1. The first-order valence-electron chi connectivity index (χ1n) is 7.71. The number of carbonyl (C=O) groups excluding carboxylic acids is 1. The minimum atomic E-state index is -0.152. The summed E-state index contributed by atoms with van der Waals surface area (Å²) < 4.78 is 3.49. The van der Waals surface area contributed by atoms with E-state index in [0.717, 1.165) is 38.0 Å². The van der Waals surface area contributed by atoms with Crippen LogP contribution in [-0.2, 0) is 13.6 Å². The van der Waals surface area contributed by atoms with Crippen LogP contribution in [0, 0.1) is 0 Å². The van der Waals surface area contributed by atoms with Gasteiger partial charge in [0.2, 0.25) is 0 Å². The molecule has 0 spiro atoms. The fourth-order valence-electron chi connectivity index (χ4n) is 2.81. The number of aryl methyl sites for hydroxylation is 1. The van der Waals surface area contributed by atoms with Crippen LogP contribution >= 0.6 is 11.6 Å². The van der Waals surface area contributed by atoms with Crippen LogP contribution in [0.5, 0.6) is 0 Å². The van der Waals surface area contributed by atoms with Crippen LogP contribution in [0.25, 0.3) is 0 Å². The highest BCUT2D eigenvalue weighted by atomic mass is 35.5. The molecule has 2 aromatic rings. The quantitative estimate of drug-likeness (QED) is 0.866. The number of rotatable bonds is 5. The van der Waals surface area contributed by atoms with E-state index in [4.69, 9.17) is 11.6 Å². The molecule has 1 aliphatic heterocycles. The van der Waals surface area contributed by atoms with Gasteiger partial charge >= 0.3 is 0 Å². The Kier molecular flexibility index (Phi) is 3.57. The van der Waals surface area contributed by atoms with Gasteiger partial charge in [-0.15, -0.1) is 5.10 Å². The number of hydrogen-bond donors (Lipinski definition) is 1. The third-order valence-corrected chi connectivity index (χ3v) is 4.52. The van der Waals surface area contributed by atoms with Crippen LogP contribution in [0.1, 0.15) is 34.9 Å². The zero-order valence-corrected chi connectivity index (χ0v) is 13.6. The minimum absolute atomic E-state index is 0.143. The second-order valence-corrected chi connectivity index (χ2v) is 6.66. The third kappa shape index (κ3) is 3.09. The minimum Gasteiger partial charge on any atom is -0.345 e. The van der Waals surface area contributed by atoms with Crippen molar-refractivity contribution in [3.05, 3.63) is 28.8 Å². The van der Waals surface area contributed by atoms with Crippen molar-refractivity contribution >= 4 is 17.5 Å². The molecule has 2 aromatic heterocycles. The summed E-state index contributed by atoms with van der Waals surface area (Å²) in [6.07, 6.45) is 5.90. The largest absolute Gasteiger partial charge is 0.345 e. The van der Waals surface area contributed by atoms with Gasteiger partial charge in [-0.1, -0.05) is 16.8 Å². The molecular formula is C14H18ClN7O. The van der Waals surface area contributed by atoms with Crippen molar-refractivity contribution in [1.29, 1.82) is 0 Å². The third-order valence-electron chi connectivity index (χ3n) is 4.20. The Bertz CT molecular complexity index is 729. The Balaban J connectivity index is 1.26. The fourth-order valence-corrected chi connectivity index (χ4v) is 3.03. The lowest BCUT2D eigenvalue weighted by Crippen LogP contribution is -2.58. The predicted molar refractivity (Wildman–Crippen MR) is 83.0 cm³/mol. The molecule has 0 bridgehead atoms. The van der Waals surface area contributed by atoms with Crippen molar-refractivity contribution in [1.82, 2.24) is 35.0 Å². The molecule has 1 saturated heterocycles. The molecule has 0 aromatic carbocycles. The molecule has 3 heterocycles. The van der Waals surface area contributed by atoms with Crippen molar-refractivity contribution < 1.29 is 4.79 Å². The van der Waals surface area contributed by atoms with E-state index in [0.29, 0.717) is 16.9 Å². The molecular weight excluding hydrogens is 318 g/mol. The van der Waals surface area contributed by atoms with Gasteiger partial charge in [-0.05, 0) is 12.8 Å².